The number of ether oxygens (including phenoxy) is 1. The minimum atomic E-state index is -0.973. The lowest BCUT2D eigenvalue weighted by Crippen LogP contribution is -2.37. The Bertz CT molecular complexity index is 887. The number of carbonyl (C=O) groups excluding carboxylic acids is 2. The third-order valence-corrected chi connectivity index (χ3v) is 4.00. The maximum Gasteiger partial charge on any atom is 0.338 e. The van der Waals surface area contributed by atoms with Crippen molar-refractivity contribution in [1.82, 2.24) is 0 Å². The summed E-state index contributed by atoms with van der Waals surface area (Å²) in [7, 11) is 0. The molecule has 1 amide bonds. The zero-order chi connectivity index (χ0) is 19.2. The van der Waals surface area contributed by atoms with E-state index in [0.29, 0.717) is 22.6 Å². The zero-order valence-electron chi connectivity index (χ0n) is 14.9. The van der Waals surface area contributed by atoms with Crippen LogP contribution in [-0.2, 0) is 9.53 Å². The number of anilines is 3. The van der Waals surface area contributed by atoms with Gasteiger partial charge in [0.05, 0.1) is 5.56 Å². The lowest BCUT2D eigenvalue weighted by atomic mass is 10.2. The summed E-state index contributed by atoms with van der Waals surface area (Å²) in [4.78, 5) is 27.0. The maximum atomic E-state index is 13.1. The Morgan fingerprint density at radius 3 is 1.93 bits per heavy atom. The highest BCUT2D eigenvalue weighted by atomic mass is 16.5. The number of nitrogens with two attached hydrogens (primary N) is 1. The van der Waals surface area contributed by atoms with Gasteiger partial charge in [0, 0.05) is 17.1 Å². The van der Waals surface area contributed by atoms with Crippen molar-refractivity contribution in [2.45, 2.75) is 13.0 Å². The molecule has 3 aromatic carbocycles. The van der Waals surface area contributed by atoms with E-state index in [4.69, 9.17) is 10.5 Å². The number of nitrogens with zero attached hydrogens (tertiary/aromatic N) is 1. The standard InChI is InChI=1S/C22H20N2O3/c1-16(27-22(26)17-9-8-10-18(23)15-17)21(25)24(19-11-4-2-5-12-19)20-13-6-3-7-14-20/h2-16H,23H2,1H3. The van der Waals surface area contributed by atoms with E-state index >= 15 is 0 Å². The molecule has 0 aliphatic heterocycles. The van der Waals surface area contributed by atoms with Crippen LogP contribution in [-0.4, -0.2) is 18.0 Å². The fourth-order valence-electron chi connectivity index (χ4n) is 2.68. The van der Waals surface area contributed by atoms with Gasteiger partial charge in [-0.25, -0.2) is 4.79 Å². The fourth-order valence-corrected chi connectivity index (χ4v) is 2.68. The van der Waals surface area contributed by atoms with Gasteiger partial charge in [-0.05, 0) is 49.4 Å². The van der Waals surface area contributed by atoms with Crippen LogP contribution in [0, 0.1) is 0 Å². The first-order chi connectivity index (χ1) is 13.1. The average molecular weight is 360 g/mol. The highest BCUT2D eigenvalue weighted by molar-refractivity contribution is 6.04. The van der Waals surface area contributed by atoms with Gasteiger partial charge in [-0.1, -0.05) is 42.5 Å². The van der Waals surface area contributed by atoms with Crippen molar-refractivity contribution in [2.24, 2.45) is 0 Å². The van der Waals surface area contributed by atoms with E-state index < -0.39 is 12.1 Å². The molecule has 136 valence electrons. The number of esters is 1. The van der Waals surface area contributed by atoms with Gasteiger partial charge >= 0.3 is 5.97 Å². The van der Waals surface area contributed by atoms with E-state index in [1.165, 1.54) is 11.0 Å². The Morgan fingerprint density at radius 2 is 1.41 bits per heavy atom. The number of amides is 1. The van der Waals surface area contributed by atoms with Crippen LogP contribution in [0.15, 0.2) is 84.9 Å². The quantitative estimate of drug-likeness (QED) is 0.547. The first kappa shape index (κ1) is 18.2. The number of para-hydroxylation sites is 2. The maximum absolute atomic E-state index is 13.1. The Balaban J connectivity index is 1.84. The van der Waals surface area contributed by atoms with Crippen LogP contribution in [0.5, 0.6) is 0 Å². The SMILES string of the molecule is CC(OC(=O)c1cccc(N)c1)C(=O)N(c1ccccc1)c1ccccc1. The van der Waals surface area contributed by atoms with Crippen molar-refractivity contribution in [1.29, 1.82) is 0 Å². The number of hydrogen-bond donors (Lipinski definition) is 1. The molecule has 0 fully saturated rings. The summed E-state index contributed by atoms with van der Waals surface area (Å²) in [6.07, 6.45) is -0.973. The lowest BCUT2D eigenvalue weighted by Gasteiger charge is -2.26. The number of carbonyl (C=O) groups is 2. The van der Waals surface area contributed by atoms with Crippen molar-refractivity contribution in [3.63, 3.8) is 0 Å². The number of nitrogen functional groups attached to an aromatic ring is 1. The molecule has 0 saturated heterocycles. The van der Waals surface area contributed by atoms with Gasteiger partial charge in [-0.3, -0.25) is 9.69 Å². The van der Waals surface area contributed by atoms with Gasteiger partial charge in [0.2, 0.25) is 0 Å². The van der Waals surface area contributed by atoms with Crippen LogP contribution in [0.4, 0.5) is 17.1 Å². The second-order valence-electron chi connectivity index (χ2n) is 6.02. The molecule has 27 heavy (non-hydrogen) atoms. The van der Waals surface area contributed by atoms with Gasteiger partial charge < -0.3 is 10.5 Å². The molecule has 0 aliphatic rings. The minimum absolute atomic E-state index is 0.306. The average Bonchev–Trinajstić information content (AvgIpc) is 2.69. The molecule has 1 unspecified atom stereocenters. The monoisotopic (exact) mass is 360 g/mol. The van der Waals surface area contributed by atoms with E-state index in [1.54, 1.807) is 25.1 Å². The highest BCUT2D eigenvalue weighted by Gasteiger charge is 2.26. The molecule has 3 aromatic rings. The van der Waals surface area contributed by atoms with Gasteiger partial charge in [0.25, 0.3) is 5.91 Å². The number of hydrogen-bond acceptors (Lipinski definition) is 4. The summed E-state index contributed by atoms with van der Waals surface area (Å²) in [5.74, 6) is -0.936. The second-order valence-corrected chi connectivity index (χ2v) is 6.02. The first-order valence-corrected chi connectivity index (χ1v) is 8.57. The topological polar surface area (TPSA) is 72.6 Å². The van der Waals surface area contributed by atoms with Gasteiger partial charge in [-0.2, -0.15) is 0 Å². The molecule has 3 rings (SSSR count). The Hall–Kier alpha value is -3.60. The van der Waals surface area contributed by atoms with Crippen LogP contribution in [0.2, 0.25) is 0 Å². The van der Waals surface area contributed by atoms with Crippen molar-refractivity contribution < 1.29 is 14.3 Å². The Kier molecular flexibility index (Phi) is 5.52. The normalized spacial score (nSPS) is 11.4. The zero-order valence-corrected chi connectivity index (χ0v) is 14.9. The van der Waals surface area contributed by atoms with Crippen LogP contribution < -0.4 is 10.6 Å². The van der Waals surface area contributed by atoms with Crippen molar-refractivity contribution >= 4 is 28.9 Å². The Labute approximate surface area is 158 Å². The van der Waals surface area contributed by atoms with Crippen LogP contribution >= 0.6 is 0 Å². The van der Waals surface area contributed by atoms with E-state index in [2.05, 4.69) is 0 Å². The molecule has 5 nitrogen and oxygen atoms in total. The fraction of sp³-hybridized carbons (Fsp3) is 0.0909. The largest absolute Gasteiger partial charge is 0.449 e. The summed E-state index contributed by atoms with van der Waals surface area (Å²) in [5, 5.41) is 0. The lowest BCUT2D eigenvalue weighted by molar-refractivity contribution is -0.125. The summed E-state index contributed by atoms with van der Waals surface area (Å²) in [6.45, 7) is 1.56. The Morgan fingerprint density at radius 1 is 0.852 bits per heavy atom. The predicted molar refractivity (Wildman–Crippen MR) is 106 cm³/mol. The van der Waals surface area contributed by atoms with E-state index in [0.717, 1.165) is 0 Å². The molecular weight excluding hydrogens is 340 g/mol. The van der Waals surface area contributed by atoms with E-state index in [9.17, 15) is 9.59 Å². The third-order valence-electron chi connectivity index (χ3n) is 4.00. The summed E-state index contributed by atoms with van der Waals surface area (Å²) < 4.78 is 5.39. The van der Waals surface area contributed by atoms with E-state index in [1.807, 2.05) is 60.7 Å². The number of rotatable bonds is 5. The molecule has 0 heterocycles. The minimum Gasteiger partial charge on any atom is -0.449 e. The van der Waals surface area contributed by atoms with Gasteiger partial charge in [0.15, 0.2) is 6.10 Å². The van der Waals surface area contributed by atoms with E-state index in [-0.39, 0.29) is 5.91 Å². The smallest absolute Gasteiger partial charge is 0.338 e. The van der Waals surface area contributed by atoms with Crippen LogP contribution in [0.3, 0.4) is 0 Å². The molecule has 2 N–H and O–H groups in total. The van der Waals surface area contributed by atoms with Crippen LogP contribution in [0.25, 0.3) is 0 Å². The second kappa shape index (κ2) is 8.19. The van der Waals surface area contributed by atoms with Gasteiger partial charge in [-0.15, -0.1) is 0 Å². The predicted octanol–water partition coefficient (Wildman–Crippen LogP) is 4.18. The summed E-state index contributed by atoms with van der Waals surface area (Å²) in [6, 6.07) is 24.9. The molecule has 0 aliphatic carbocycles. The van der Waals surface area contributed by atoms with Crippen molar-refractivity contribution in [3.8, 4) is 0 Å². The highest BCUT2D eigenvalue weighted by Crippen LogP contribution is 2.26. The van der Waals surface area contributed by atoms with Gasteiger partial charge in [0.1, 0.15) is 0 Å². The molecule has 0 bridgehead atoms. The molecule has 0 saturated carbocycles. The van der Waals surface area contributed by atoms with Crippen LogP contribution in [0.1, 0.15) is 17.3 Å². The van der Waals surface area contributed by atoms with Crippen molar-refractivity contribution in [2.75, 3.05) is 10.6 Å². The molecule has 5 heteroatoms. The number of benzene rings is 3. The molecule has 0 aromatic heterocycles. The summed E-state index contributed by atoms with van der Waals surface area (Å²) >= 11 is 0. The van der Waals surface area contributed by atoms with Crippen molar-refractivity contribution in [3.05, 3.63) is 90.5 Å². The third kappa shape index (κ3) is 4.33. The molecule has 0 spiro atoms. The first-order valence-electron chi connectivity index (χ1n) is 8.57. The molecule has 0 radical (unpaired) electrons. The molecule has 1 atom stereocenters. The molecular formula is C22H20N2O3. The summed E-state index contributed by atoms with van der Waals surface area (Å²) in [5.41, 5.74) is 7.86.